The SMILES string of the molecule is CN(CCCN(C)c1nc(OCC(F)(F)C(F)(F)C(F)(F)C(F)(F)F)cc(OCC(F)(F)C(F)(F)C(F)(F)C(F)(F)F)n1)c1nc(OCCC(F)(F)C(F)(F)C(F)(F)C(F)(F)F)cc(OCC(F)(F)C(F)(F)C(F)(F)C(F)(F)F)n1. The van der Waals surface area contributed by atoms with Crippen LogP contribution in [0.25, 0.3) is 0 Å². The Bertz CT molecular complexity index is 2330. The van der Waals surface area contributed by atoms with Crippen molar-refractivity contribution in [2.75, 3.05) is 63.4 Å². The summed E-state index contributed by atoms with van der Waals surface area (Å²) in [6, 6.07) is -0.640. The third-order valence-corrected chi connectivity index (χ3v) is 9.71. The average molecular weight is 1260 g/mol. The molecule has 0 aliphatic heterocycles. The van der Waals surface area contributed by atoms with E-state index in [9.17, 15) is 158 Å². The van der Waals surface area contributed by atoms with Crippen molar-refractivity contribution in [1.29, 1.82) is 0 Å². The Labute approximate surface area is 417 Å². The molecule has 0 saturated carbocycles. The topological polar surface area (TPSA) is 95.0 Å². The largest absolute Gasteiger partial charge is 0.477 e. The molecule has 2 aromatic heterocycles. The number of ether oxygens (including phenoxy) is 4. The predicted molar refractivity (Wildman–Crippen MR) is 185 cm³/mol. The first-order valence-electron chi connectivity index (χ1n) is 19.6. The Morgan fingerprint density at radius 2 is 0.525 bits per heavy atom. The Kier molecular flexibility index (Phi) is 19.4. The Hall–Kier alpha value is -5.56. The summed E-state index contributed by atoms with van der Waals surface area (Å²) in [5.74, 6) is -96.6. The maximum absolute atomic E-state index is 14.3. The lowest BCUT2D eigenvalue weighted by Crippen LogP contribution is -2.62. The maximum atomic E-state index is 14.3. The van der Waals surface area contributed by atoms with E-state index in [1.54, 1.807) is 0 Å². The molecule has 2 heterocycles. The van der Waals surface area contributed by atoms with Gasteiger partial charge in [-0.2, -0.15) is 178 Å². The van der Waals surface area contributed by atoms with Crippen LogP contribution in [0.1, 0.15) is 12.8 Å². The highest BCUT2D eigenvalue weighted by molar-refractivity contribution is 5.38. The quantitative estimate of drug-likeness (QED) is 0.0805. The van der Waals surface area contributed by atoms with Crippen LogP contribution in [0, 0.1) is 0 Å². The van der Waals surface area contributed by atoms with Crippen molar-refractivity contribution in [3.63, 3.8) is 0 Å². The molecule has 0 aliphatic rings. The first-order chi connectivity index (χ1) is 35.1. The molecular formula is C34H24F36N6O4. The number of alkyl halides is 36. The average Bonchev–Trinajstić information content (AvgIpc) is 3.27. The van der Waals surface area contributed by atoms with E-state index < -0.39 is 190 Å². The van der Waals surface area contributed by atoms with E-state index in [2.05, 4.69) is 38.9 Å². The molecule has 0 N–H and O–H groups in total. The van der Waals surface area contributed by atoms with Crippen LogP contribution < -0.4 is 28.7 Å². The molecular weight excluding hydrogens is 1240 g/mol. The first kappa shape index (κ1) is 70.5. The summed E-state index contributed by atoms with van der Waals surface area (Å²) in [5.41, 5.74) is 0. The minimum absolute atomic E-state index is 0.217. The number of anilines is 2. The van der Waals surface area contributed by atoms with Gasteiger partial charge in [0.05, 0.1) is 25.2 Å². The van der Waals surface area contributed by atoms with Crippen molar-refractivity contribution in [2.24, 2.45) is 0 Å². The number of hydrogen-bond donors (Lipinski definition) is 0. The summed E-state index contributed by atoms with van der Waals surface area (Å²) in [5, 5.41) is 0. The van der Waals surface area contributed by atoms with Crippen LogP contribution in [-0.2, 0) is 0 Å². The molecule has 2 rings (SSSR count). The molecule has 0 bridgehead atoms. The van der Waals surface area contributed by atoms with Crippen LogP contribution in [0.5, 0.6) is 23.5 Å². The van der Waals surface area contributed by atoms with Gasteiger partial charge in [-0.05, 0) is 6.42 Å². The van der Waals surface area contributed by atoms with Crippen LogP contribution in [0.4, 0.5) is 170 Å². The van der Waals surface area contributed by atoms with Gasteiger partial charge < -0.3 is 28.7 Å². The van der Waals surface area contributed by atoms with Crippen LogP contribution in [0.2, 0.25) is 0 Å². The summed E-state index contributed by atoms with van der Waals surface area (Å²) in [7, 11) is 1.22. The fourth-order valence-corrected chi connectivity index (χ4v) is 5.00. The summed E-state index contributed by atoms with van der Waals surface area (Å²) >= 11 is 0. The smallest absolute Gasteiger partial charge is 0.460 e. The zero-order valence-electron chi connectivity index (χ0n) is 37.7. The van der Waals surface area contributed by atoms with E-state index in [1.165, 1.54) is 0 Å². The Morgan fingerprint density at radius 1 is 0.312 bits per heavy atom. The standard InChI is InChI=1S/C34H24F36N6O4/c1-75(17-71-13(77-7-4-19(35,36)23(43,44)27(51,52)31(59,60)61)8-14(72-17)78-10-20(37,38)24(45,46)28(53,54)32(62,63)64)5-3-6-76(2)18-73-15(79-11-21(39,40)25(47,48)29(55,56)33(65,66)67)9-16(74-18)80-12-22(41,42)26(49,50)30(57,58)34(68,69)70/h8-9H,3-7,10-12H2,1-2H3. The van der Waals surface area contributed by atoms with E-state index in [0.29, 0.717) is 23.9 Å². The van der Waals surface area contributed by atoms with E-state index in [0.717, 1.165) is 0 Å². The van der Waals surface area contributed by atoms with E-state index in [1.807, 2.05) is 0 Å². The van der Waals surface area contributed by atoms with E-state index >= 15 is 0 Å². The van der Waals surface area contributed by atoms with Crippen LogP contribution >= 0.6 is 0 Å². The highest BCUT2D eigenvalue weighted by Crippen LogP contribution is 2.57. The molecule has 0 aromatic carbocycles. The second-order valence-electron chi connectivity index (χ2n) is 15.8. The number of rotatable bonds is 27. The van der Waals surface area contributed by atoms with Gasteiger partial charge in [0.15, 0.2) is 19.8 Å². The summed E-state index contributed by atoms with van der Waals surface area (Å²) < 4.78 is 498. The van der Waals surface area contributed by atoms with Gasteiger partial charge in [-0.25, -0.2) is 0 Å². The third kappa shape index (κ3) is 13.5. The highest BCUT2D eigenvalue weighted by atomic mass is 19.5. The predicted octanol–water partition coefficient (Wildman–Crippen LogP) is 13.0. The minimum atomic E-state index is -7.61. The van der Waals surface area contributed by atoms with Crippen molar-refractivity contribution in [3.05, 3.63) is 12.1 Å². The van der Waals surface area contributed by atoms with Crippen molar-refractivity contribution in [2.45, 2.75) is 109 Å². The second kappa shape index (κ2) is 22.0. The van der Waals surface area contributed by atoms with Gasteiger partial charge in [0, 0.05) is 27.2 Å². The number of nitrogens with zero attached hydrogens (tertiary/aromatic N) is 6. The fraction of sp³-hybridized carbons (Fsp3) is 0.765. The highest BCUT2D eigenvalue weighted by Gasteiger charge is 2.85. The molecule has 46 heteroatoms. The molecule has 0 aliphatic carbocycles. The van der Waals surface area contributed by atoms with Crippen LogP contribution in [-0.4, -0.2) is 169 Å². The van der Waals surface area contributed by atoms with E-state index in [-0.39, 0.29) is 6.07 Å². The summed E-state index contributed by atoms with van der Waals surface area (Å²) in [6.07, 6.45) is -33.4. The van der Waals surface area contributed by atoms with Crippen LogP contribution in [0.3, 0.4) is 0 Å². The van der Waals surface area contributed by atoms with Crippen molar-refractivity contribution >= 4 is 11.9 Å². The van der Waals surface area contributed by atoms with Gasteiger partial charge in [0.1, 0.15) is 0 Å². The molecule has 0 fully saturated rings. The lowest BCUT2D eigenvalue weighted by molar-refractivity contribution is -0.398. The zero-order chi connectivity index (χ0) is 63.3. The fourth-order valence-electron chi connectivity index (χ4n) is 5.00. The zero-order valence-corrected chi connectivity index (χ0v) is 37.7. The first-order valence-corrected chi connectivity index (χ1v) is 19.6. The molecule has 0 saturated heterocycles. The normalized spacial score (nSPS) is 15.0. The molecule has 0 amide bonds. The molecule has 2 aromatic rings. The molecule has 0 atom stereocenters. The number of halogens is 36. The Balaban J connectivity index is 2.62. The third-order valence-electron chi connectivity index (χ3n) is 9.71. The molecule has 466 valence electrons. The molecule has 0 spiro atoms. The van der Waals surface area contributed by atoms with Gasteiger partial charge in [0.2, 0.25) is 35.4 Å². The second-order valence-corrected chi connectivity index (χ2v) is 15.8. The van der Waals surface area contributed by atoms with Gasteiger partial charge in [-0.15, -0.1) is 0 Å². The lowest BCUT2D eigenvalue weighted by atomic mass is 10.0. The minimum Gasteiger partial charge on any atom is -0.477 e. The van der Waals surface area contributed by atoms with E-state index in [4.69, 9.17) is 0 Å². The van der Waals surface area contributed by atoms with Gasteiger partial charge >= 0.3 is 95.8 Å². The van der Waals surface area contributed by atoms with Crippen LogP contribution in [0.15, 0.2) is 12.1 Å². The van der Waals surface area contributed by atoms with Crippen molar-refractivity contribution in [3.8, 4) is 23.5 Å². The number of aromatic nitrogens is 4. The molecule has 0 unspecified atom stereocenters. The summed E-state index contributed by atoms with van der Waals surface area (Å²) in [6.45, 7) is -14.2. The lowest BCUT2D eigenvalue weighted by Gasteiger charge is -2.33. The monoisotopic (exact) mass is 1260 g/mol. The molecule has 10 nitrogen and oxygen atoms in total. The molecule has 80 heavy (non-hydrogen) atoms. The van der Waals surface area contributed by atoms with Gasteiger partial charge in [-0.1, -0.05) is 0 Å². The summed E-state index contributed by atoms with van der Waals surface area (Å²) in [4.78, 5) is 13.3. The number of hydrogen-bond acceptors (Lipinski definition) is 10. The van der Waals surface area contributed by atoms with Crippen molar-refractivity contribution < 1.29 is 177 Å². The van der Waals surface area contributed by atoms with Gasteiger partial charge in [-0.3, -0.25) is 0 Å². The van der Waals surface area contributed by atoms with Crippen molar-refractivity contribution in [1.82, 2.24) is 19.9 Å². The Morgan fingerprint density at radius 3 is 0.750 bits per heavy atom. The van der Waals surface area contributed by atoms with Gasteiger partial charge in [0.25, 0.3) is 0 Å². The molecule has 0 radical (unpaired) electrons. The maximum Gasteiger partial charge on any atom is 0.460 e.